The zero-order valence-electron chi connectivity index (χ0n) is 14.2. The van der Waals surface area contributed by atoms with Gasteiger partial charge in [-0.25, -0.2) is 4.98 Å². The first-order valence-corrected chi connectivity index (χ1v) is 9.88. The number of nitrogens with one attached hydrogen (secondary N) is 2. The summed E-state index contributed by atoms with van der Waals surface area (Å²) in [6.45, 7) is 9.73. The summed E-state index contributed by atoms with van der Waals surface area (Å²) < 4.78 is 5.25. The molecule has 8 heteroatoms. The predicted octanol–water partition coefficient (Wildman–Crippen LogP) is 4.16. The van der Waals surface area contributed by atoms with E-state index in [2.05, 4.69) is 34.3 Å². The maximum atomic E-state index is 5.25. The molecule has 25 heavy (non-hydrogen) atoms. The molecule has 4 heterocycles. The van der Waals surface area contributed by atoms with Crippen LogP contribution in [0.2, 0.25) is 0 Å². The Morgan fingerprint density at radius 2 is 2.24 bits per heavy atom. The second-order valence-corrected chi connectivity index (χ2v) is 7.98. The minimum absolute atomic E-state index is 0.418. The van der Waals surface area contributed by atoms with Crippen LogP contribution < -0.4 is 10.6 Å². The lowest BCUT2D eigenvalue weighted by molar-refractivity contribution is 0.429. The van der Waals surface area contributed by atoms with Crippen molar-refractivity contribution in [3.63, 3.8) is 0 Å². The van der Waals surface area contributed by atoms with Gasteiger partial charge in [-0.15, -0.1) is 22.7 Å². The number of rotatable bonds is 5. The maximum Gasteiger partial charge on any atom is 0.326 e. The van der Waals surface area contributed by atoms with Gasteiger partial charge in [-0.05, 0) is 37.9 Å². The Morgan fingerprint density at radius 1 is 1.36 bits per heavy atom. The van der Waals surface area contributed by atoms with Crippen LogP contribution in [-0.2, 0) is 19.4 Å². The van der Waals surface area contributed by atoms with Gasteiger partial charge in [0.1, 0.15) is 10.0 Å². The quantitative estimate of drug-likeness (QED) is 0.699. The molecule has 2 N–H and O–H groups in total. The van der Waals surface area contributed by atoms with Crippen molar-refractivity contribution in [2.45, 2.75) is 33.2 Å². The molecule has 0 aliphatic carbocycles. The van der Waals surface area contributed by atoms with Crippen LogP contribution in [0.15, 0.2) is 11.1 Å². The fraction of sp³-hybridized carbons (Fsp3) is 0.353. The summed E-state index contributed by atoms with van der Waals surface area (Å²) in [7, 11) is 0. The van der Waals surface area contributed by atoms with Gasteiger partial charge in [0.15, 0.2) is 5.82 Å². The second kappa shape index (κ2) is 6.70. The van der Waals surface area contributed by atoms with E-state index >= 15 is 0 Å². The lowest BCUT2D eigenvalue weighted by atomic mass is 10.0. The monoisotopic (exact) mass is 373 g/mol. The number of thiophene rings is 1. The van der Waals surface area contributed by atoms with E-state index in [0.717, 1.165) is 41.6 Å². The first-order chi connectivity index (χ1) is 12.2. The smallest absolute Gasteiger partial charge is 0.315 e. The van der Waals surface area contributed by atoms with Gasteiger partial charge in [-0.2, -0.15) is 4.98 Å². The van der Waals surface area contributed by atoms with Crippen LogP contribution in [-0.4, -0.2) is 21.7 Å². The summed E-state index contributed by atoms with van der Waals surface area (Å²) in [5, 5.41) is 12.7. The number of aromatic nitrogens is 3. The van der Waals surface area contributed by atoms with Crippen molar-refractivity contribution in [3.8, 4) is 10.6 Å². The summed E-state index contributed by atoms with van der Waals surface area (Å²) in [5.74, 6) is 0.614. The van der Waals surface area contributed by atoms with Crippen LogP contribution in [0, 0.1) is 6.92 Å². The van der Waals surface area contributed by atoms with Crippen molar-refractivity contribution in [1.82, 2.24) is 20.4 Å². The van der Waals surface area contributed by atoms with E-state index in [9.17, 15) is 0 Å². The molecule has 4 rings (SSSR count). The standard InChI is InChI=1S/C17H19N5OS2/c1-4-11-12(5-2)24-15(20-11)14-10-6-7-18-8-13(10)25-16(14)21-17-19-9(3)22-23-17/h4,18H,1,5-8H2,2-3H3,(H,19,21,22). The van der Waals surface area contributed by atoms with Gasteiger partial charge in [-0.3, -0.25) is 5.32 Å². The lowest BCUT2D eigenvalue weighted by Gasteiger charge is -2.13. The van der Waals surface area contributed by atoms with E-state index in [0.29, 0.717) is 11.8 Å². The number of hydrogen-bond acceptors (Lipinski definition) is 8. The second-order valence-electron chi connectivity index (χ2n) is 5.79. The van der Waals surface area contributed by atoms with Crippen LogP contribution >= 0.6 is 22.7 Å². The molecule has 3 aromatic rings. The van der Waals surface area contributed by atoms with Crippen LogP contribution in [0.1, 0.15) is 33.8 Å². The Bertz CT molecular complexity index is 924. The number of hydrogen-bond donors (Lipinski definition) is 2. The zero-order valence-corrected chi connectivity index (χ0v) is 15.8. The van der Waals surface area contributed by atoms with Crippen molar-refractivity contribution < 1.29 is 4.52 Å². The molecule has 0 amide bonds. The number of fused-ring (bicyclic) bond motifs is 1. The molecule has 0 saturated carbocycles. The third kappa shape index (κ3) is 3.01. The summed E-state index contributed by atoms with van der Waals surface area (Å²) in [4.78, 5) is 11.7. The van der Waals surface area contributed by atoms with E-state index in [1.54, 1.807) is 22.7 Å². The molecule has 3 aromatic heterocycles. The van der Waals surface area contributed by atoms with Crippen LogP contribution in [0.4, 0.5) is 11.0 Å². The summed E-state index contributed by atoms with van der Waals surface area (Å²) in [5.41, 5.74) is 3.52. The Labute approximate surface area is 154 Å². The SMILES string of the molecule is C=Cc1nc(-c2c(Nc3nc(C)no3)sc3c2CCNC3)sc1CC. The largest absolute Gasteiger partial charge is 0.326 e. The highest BCUT2D eigenvalue weighted by molar-refractivity contribution is 7.19. The van der Waals surface area contributed by atoms with E-state index < -0.39 is 0 Å². The van der Waals surface area contributed by atoms with Crippen LogP contribution in [0.5, 0.6) is 0 Å². The molecule has 130 valence electrons. The minimum Gasteiger partial charge on any atom is -0.315 e. The maximum absolute atomic E-state index is 5.25. The van der Waals surface area contributed by atoms with E-state index in [-0.39, 0.29) is 0 Å². The molecule has 0 saturated heterocycles. The van der Waals surface area contributed by atoms with Crippen molar-refractivity contribution in [2.75, 3.05) is 11.9 Å². The van der Waals surface area contributed by atoms with Crippen molar-refractivity contribution in [3.05, 3.63) is 33.4 Å². The molecule has 1 aliphatic heterocycles. The van der Waals surface area contributed by atoms with Crippen LogP contribution in [0.25, 0.3) is 16.6 Å². The molecule has 0 bridgehead atoms. The average molecular weight is 374 g/mol. The van der Waals surface area contributed by atoms with Gasteiger partial charge in [0.25, 0.3) is 0 Å². The first kappa shape index (κ1) is 16.4. The molecule has 0 atom stereocenters. The highest BCUT2D eigenvalue weighted by atomic mass is 32.1. The van der Waals surface area contributed by atoms with Gasteiger partial charge in [0.2, 0.25) is 0 Å². The Morgan fingerprint density at radius 3 is 2.92 bits per heavy atom. The number of nitrogens with zero attached hydrogens (tertiary/aromatic N) is 3. The molecule has 6 nitrogen and oxygen atoms in total. The third-order valence-electron chi connectivity index (χ3n) is 4.13. The number of thiazole rings is 1. The Kier molecular flexibility index (Phi) is 4.41. The normalized spacial score (nSPS) is 13.7. The molecule has 0 fully saturated rings. The molecule has 0 spiro atoms. The fourth-order valence-corrected chi connectivity index (χ4v) is 5.33. The van der Waals surface area contributed by atoms with Crippen molar-refractivity contribution in [1.29, 1.82) is 0 Å². The van der Waals surface area contributed by atoms with E-state index in [1.807, 2.05) is 13.0 Å². The summed E-state index contributed by atoms with van der Waals surface area (Å²) in [6.07, 6.45) is 3.79. The van der Waals surface area contributed by atoms with Crippen molar-refractivity contribution >= 4 is 39.8 Å². The van der Waals surface area contributed by atoms with Gasteiger partial charge in [0.05, 0.1) is 5.69 Å². The molecule has 1 aliphatic rings. The summed E-state index contributed by atoms with van der Waals surface area (Å²) >= 11 is 3.47. The minimum atomic E-state index is 0.418. The zero-order chi connectivity index (χ0) is 17.4. The van der Waals surface area contributed by atoms with E-state index in [4.69, 9.17) is 9.51 Å². The lowest BCUT2D eigenvalue weighted by Crippen LogP contribution is -2.22. The number of aryl methyl sites for hydroxylation is 2. The highest BCUT2D eigenvalue weighted by Gasteiger charge is 2.25. The first-order valence-electron chi connectivity index (χ1n) is 8.24. The van der Waals surface area contributed by atoms with Gasteiger partial charge in [-0.1, -0.05) is 18.7 Å². The van der Waals surface area contributed by atoms with Gasteiger partial charge < -0.3 is 9.84 Å². The van der Waals surface area contributed by atoms with Crippen molar-refractivity contribution in [2.24, 2.45) is 0 Å². The van der Waals surface area contributed by atoms with Crippen LogP contribution in [0.3, 0.4) is 0 Å². The van der Waals surface area contributed by atoms with Gasteiger partial charge in [0, 0.05) is 21.9 Å². The molecular formula is C17H19N5OS2. The van der Waals surface area contributed by atoms with E-state index in [1.165, 1.54) is 20.9 Å². The molecule has 0 unspecified atom stereocenters. The third-order valence-corrected chi connectivity index (χ3v) is 6.51. The highest BCUT2D eigenvalue weighted by Crippen LogP contribution is 2.45. The molecular weight excluding hydrogens is 354 g/mol. The molecule has 0 aromatic carbocycles. The summed E-state index contributed by atoms with van der Waals surface area (Å²) in [6, 6.07) is 0.418. The fourth-order valence-electron chi connectivity index (χ4n) is 2.98. The molecule has 0 radical (unpaired) electrons. The number of anilines is 2. The Hall–Kier alpha value is -2.03. The average Bonchev–Trinajstić information content (AvgIpc) is 3.30. The Balaban J connectivity index is 1.83. The predicted molar refractivity (Wildman–Crippen MR) is 103 cm³/mol. The topological polar surface area (TPSA) is 75.9 Å². The van der Waals surface area contributed by atoms with Gasteiger partial charge >= 0.3 is 6.01 Å².